The van der Waals surface area contributed by atoms with Crippen LogP contribution in [0, 0.1) is 0 Å². The number of carbonyl (C=O) groups is 1. The van der Waals surface area contributed by atoms with Gasteiger partial charge in [0, 0.05) is 5.56 Å². The van der Waals surface area contributed by atoms with Crippen molar-refractivity contribution in [1.29, 1.82) is 0 Å². The zero-order valence-corrected chi connectivity index (χ0v) is 9.85. The summed E-state index contributed by atoms with van der Waals surface area (Å²) in [6.45, 7) is 0. The molecular formula is C12H8F3N3O2. The number of hydrogen-bond donors (Lipinski definition) is 2. The maximum Gasteiger partial charge on any atom is 0.416 e. The van der Waals surface area contributed by atoms with E-state index in [-0.39, 0.29) is 22.8 Å². The lowest BCUT2D eigenvalue weighted by Gasteiger charge is -2.08. The van der Waals surface area contributed by atoms with Crippen LogP contribution in [-0.2, 0) is 6.18 Å². The number of nitrogens with zero attached hydrogens (tertiary/aromatic N) is 2. The minimum absolute atomic E-state index is 0.0265. The molecule has 0 amide bonds. The van der Waals surface area contributed by atoms with Gasteiger partial charge in [-0.25, -0.2) is 14.8 Å². The molecule has 2 rings (SSSR count). The molecule has 0 saturated heterocycles. The van der Waals surface area contributed by atoms with Crippen molar-refractivity contribution < 1.29 is 23.1 Å². The van der Waals surface area contributed by atoms with E-state index in [1.165, 1.54) is 0 Å². The van der Waals surface area contributed by atoms with Crippen LogP contribution in [-0.4, -0.2) is 21.0 Å². The largest absolute Gasteiger partial charge is 0.476 e. The van der Waals surface area contributed by atoms with Crippen LogP contribution in [0.15, 0.2) is 30.5 Å². The standard InChI is InChI=1S/C12H8F3N3O2/c13-12(14,15)7-3-1-6(2-4-7)9-10(16)17-5-8(18-9)11(19)20/h1-5H,(H2,16,17)(H,19,20). The van der Waals surface area contributed by atoms with Crippen LogP contribution in [0.1, 0.15) is 16.1 Å². The normalized spacial score (nSPS) is 11.3. The quantitative estimate of drug-likeness (QED) is 0.883. The van der Waals surface area contributed by atoms with E-state index >= 15 is 0 Å². The molecule has 2 aromatic rings. The van der Waals surface area contributed by atoms with Crippen molar-refractivity contribution in [1.82, 2.24) is 9.97 Å². The van der Waals surface area contributed by atoms with Crippen molar-refractivity contribution in [2.75, 3.05) is 5.73 Å². The van der Waals surface area contributed by atoms with E-state index in [1.807, 2.05) is 0 Å². The number of aromatic nitrogens is 2. The van der Waals surface area contributed by atoms with E-state index in [0.717, 1.165) is 30.5 Å². The summed E-state index contributed by atoms with van der Waals surface area (Å²) < 4.78 is 37.3. The van der Waals surface area contributed by atoms with Crippen LogP contribution in [0.5, 0.6) is 0 Å². The lowest BCUT2D eigenvalue weighted by molar-refractivity contribution is -0.137. The van der Waals surface area contributed by atoms with Crippen LogP contribution in [0.3, 0.4) is 0 Å². The Labute approximate surface area is 110 Å². The van der Waals surface area contributed by atoms with E-state index in [1.54, 1.807) is 0 Å². The molecular weight excluding hydrogens is 275 g/mol. The van der Waals surface area contributed by atoms with E-state index in [2.05, 4.69) is 9.97 Å². The van der Waals surface area contributed by atoms with E-state index < -0.39 is 17.7 Å². The lowest BCUT2D eigenvalue weighted by atomic mass is 10.1. The molecule has 104 valence electrons. The minimum Gasteiger partial charge on any atom is -0.476 e. The Kier molecular flexibility index (Phi) is 3.31. The highest BCUT2D eigenvalue weighted by Crippen LogP contribution is 2.31. The van der Waals surface area contributed by atoms with Crippen molar-refractivity contribution in [2.45, 2.75) is 6.18 Å². The molecule has 20 heavy (non-hydrogen) atoms. The first-order valence-electron chi connectivity index (χ1n) is 5.32. The predicted molar refractivity (Wildman–Crippen MR) is 63.8 cm³/mol. The second-order valence-electron chi connectivity index (χ2n) is 3.87. The number of alkyl halides is 3. The second-order valence-corrected chi connectivity index (χ2v) is 3.87. The molecule has 1 heterocycles. The Morgan fingerprint density at radius 3 is 2.30 bits per heavy atom. The van der Waals surface area contributed by atoms with Gasteiger partial charge in [0.05, 0.1) is 11.8 Å². The molecule has 0 unspecified atom stereocenters. The molecule has 0 radical (unpaired) electrons. The molecule has 0 atom stereocenters. The molecule has 0 aliphatic carbocycles. The summed E-state index contributed by atoms with van der Waals surface area (Å²) in [5.41, 5.74) is 4.68. The Bertz CT molecular complexity index is 654. The zero-order valence-electron chi connectivity index (χ0n) is 9.85. The molecule has 0 fully saturated rings. The highest BCUT2D eigenvalue weighted by Gasteiger charge is 2.30. The fourth-order valence-corrected chi connectivity index (χ4v) is 1.53. The van der Waals surface area contributed by atoms with Gasteiger partial charge in [-0.15, -0.1) is 0 Å². The van der Waals surface area contributed by atoms with Crippen molar-refractivity contribution in [3.63, 3.8) is 0 Å². The monoisotopic (exact) mass is 283 g/mol. The first-order chi connectivity index (χ1) is 9.29. The number of nitrogen functional groups attached to an aromatic ring is 1. The van der Waals surface area contributed by atoms with Crippen molar-refractivity contribution >= 4 is 11.8 Å². The summed E-state index contributed by atoms with van der Waals surface area (Å²) in [4.78, 5) is 18.2. The van der Waals surface area contributed by atoms with Gasteiger partial charge < -0.3 is 10.8 Å². The van der Waals surface area contributed by atoms with Crippen LogP contribution >= 0.6 is 0 Å². The summed E-state index contributed by atoms with van der Waals surface area (Å²) in [5, 5.41) is 8.81. The number of rotatable bonds is 2. The third kappa shape index (κ3) is 2.68. The maximum absolute atomic E-state index is 12.4. The summed E-state index contributed by atoms with van der Waals surface area (Å²) in [6, 6.07) is 4.05. The average molecular weight is 283 g/mol. The molecule has 8 heteroatoms. The Morgan fingerprint density at radius 2 is 1.80 bits per heavy atom. The maximum atomic E-state index is 12.4. The fraction of sp³-hybridized carbons (Fsp3) is 0.0833. The number of carboxylic acids is 1. The van der Waals surface area contributed by atoms with Gasteiger partial charge in [0.2, 0.25) is 0 Å². The predicted octanol–water partition coefficient (Wildman–Crippen LogP) is 2.44. The Morgan fingerprint density at radius 1 is 1.20 bits per heavy atom. The van der Waals surface area contributed by atoms with Crippen molar-refractivity contribution in [3.05, 3.63) is 41.7 Å². The molecule has 1 aromatic carbocycles. The van der Waals surface area contributed by atoms with Crippen LogP contribution in [0.2, 0.25) is 0 Å². The number of hydrogen-bond acceptors (Lipinski definition) is 4. The van der Waals surface area contributed by atoms with Gasteiger partial charge in [-0.05, 0) is 12.1 Å². The summed E-state index contributed by atoms with van der Waals surface area (Å²) in [6.07, 6.45) is -3.47. The second kappa shape index (κ2) is 4.80. The van der Waals surface area contributed by atoms with Gasteiger partial charge in [0.1, 0.15) is 11.5 Å². The molecule has 0 saturated carbocycles. The molecule has 3 N–H and O–H groups in total. The zero-order chi connectivity index (χ0) is 14.9. The van der Waals surface area contributed by atoms with Gasteiger partial charge >= 0.3 is 12.1 Å². The number of halogens is 3. The average Bonchev–Trinajstić information content (AvgIpc) is 2.38. The summed E-state index contributed by atoms with van der Waals surface area (Å²) in [7, 11) is 0. The van der Waals surface area contributed by atoms with Crippen LogP contribution in [0.25, 0.3) is 11.3 Å². The SMILES string of the molecule is Nc1ncc(C(=O)O)nc1-c1ccc(C(F)(F)F)cc1. The molecule has 0 bridgehead atoms. The topological polar surface area (TPSA) is 89.1 Å². The van der Waals surface area contributed by atoms with E-state index in [9.17, 15) is 18.0 Å². The van der Waals surface area contributed by atoms with Crippen molar-refractivity contribution in [3.8, 4) is 11.3 Å². The van der Waals surface area contributed by atoms with Crippen LogP contribution < -0.4 is 5.73 Å². The molecule has 0 aliphatic heterocycles. The summed E-state index contributed by atoms with van der Waals surface area (Å²) in [5.74, 6) is -1.36. The first kappa shape index (κ1) is 13.8. The number of nitrogens with two attached hydrogens (primary N) is 1. The Hall–Kier alpha value is -2.64. The Balaban J connectivity index is 2.46. The lowest BCUT2D eigenvalue weighted by Crippen LogP contribution is -2.07. The highest BCUT2D eigenvalue weighted by atomic mass is 19.4. The van der Waals surface area contributed by atoms with Gasteiger partial charge in [-0.1, -0.05) is 12.1 Å². The van der Waals surface area contributed by atoms with Crippen molar-refractivity contribution in [2.24, 2.45) is 0 Å². The first-order valence-corrected chi connectivity index (χ1v) is 5.32. The third-order valence-electron chi connectivity index (χ3n) is 2.51. The molecule has 5 nitrogen and oxygen atoms in total. The number of carboxylic acid groups (broad SMARTS) is 1. The third-order valence-corrected chi connectivity index (χ3v) is 2.51. The van der Waals surface area contributed by atoms with Gasteiger partial charge in [0.15, 0.2) is 5.69 Å². The number of anilines is 1. The van der Waals surface area contributed by atoms with Crippen LogP contribution in [0.4, 0.5) is 19.0 Å². The van der Waals surface area contributed by atoms with E-state index in [4.69, 9.17) is 10.8 Å². The highest BCUT2D eigenvalue weighted by molar-refractivity contribution is 5.86. The smallest absolute Gasteiger partial charge is 0.416 e. The number of aromatic carboxylic acids is 1. The van der Waals surface area contributed by atoms with Gasteiger partial charge in [-0.2, -0.15) is 13.2 Å². The van der Waals surface area contributed by atoms with Gasteiger partial charge in [0.25, 0.3) is 0 Å². The van der Waals surface area contributed by atoms with E-state index in [0.29, 0.717) is 0 Å². The molecule has 0 spiro atoms. The molecule has 0 aliphatic rings. The minimum atomic E-state index is -4.45. The summed E-state index contributed by atoms with van der Waals surface area (Å²) >= 11 is 0. The number of benzene rings is 1. The van der Waals surface area contributed by atoms with Gasteiger partial charge in [-0.3, -0.25) is 0 Å². The fourth-order valence-electron chi connectivity index (χ4n) is 1.53. The molecule has 1 aromatic heterocycles.